The van der Waals surface area contributed by atoms with Crippen LogP contribution in [0, 0.1) is 0 Å². The number of aromatic nitrogens is 3. The lowest BCUT2D eigenvalue weighted by Crippen LogP contribution is -2.15. The maximum atomic E-state index is 11.3. The van der Waals surface area contributed by atoms with Crippen molar-refractivity contribution < 1.29 is 9.59 Å². The normalized spacial score (nSPS) is 10.2. The fraction of sp³-hybridized carbons (Fsp3) is 0.105. The number of hydrogen-bond acceptors (Lipinski definition) is 5. The minimum Gasteiger partial charge on any atom is -0.295 e. The first kappa shape index (κ1) is 17.2. The van der Waals surface area contributed by atoms with Crippen molar-refractivity contribution in [3.05, 3.63) is 54.6 Å². The topological polar surface area (TPSA) is 96.9 Å². The SMILES string of the molecule is CC(=O)Nc1nc(NC(C)=O)nc(-c2ccc(-c3ccccc3)cc2)n1. The van der Waals surface area contributed by atoms with Gasteiger partial charge in [0.2, 0.25) is 23.7 Å². The zero-order chi connectivity index (χ0) is 18.5. The van der Waals surface area contributed by atoms with Gasteiger partial charge in [-0.15, -0.1) is 0 Å². The van der Waals surface area contributed by atoms with Crippen molar-refractivity contribution in [2.24, 2.45) is 0 Å². The number of carbonyl (C=O) groups excluding carboxylic acids is 2. The van der Waals surface area contributed by atoms with E-state index in [-0.39, 0.29) is 23.7 Å². The van der Waals surface area contributed by atoms with Crippen molar-refractivity contribution in [1.29, 1.82) is 0 Å². The van der Waals surface area contributed by atoms with E-state index in [2.05, 4.69) is 25.6 Å². The largest absolute Gasteiger partial charge is 0.295 e. The molecule has 130 valence electrons. The minimum atomic E-state index is -0.310. The Labute approximate surface area is 150 Å². The van der Waals surface area contributed by atoms with E-state index in [1.165, 1.54) is 13.8 Å². The summed E-state index contributed by atoms with van der Waals surface area (Å²) in [6.45, 7) is 2.71. The summed E-state index contributed by atoms with van der Waals surface area (Å²) in [6.07, 6.45) is 0. The van der Waals surface area contributed by atoms with Crippen LogP contribution in [0.2, 0.25) is 0 Å². The molecule has 0 radical (unpaired) electrons. The lowest BCUT2D eigenvalue weighted by atomic mass is 10.0. The third kappa shape index (κ3) is 4.27. The second-order valence-corrected chi connectivity index (χ2v) is 5.61. The molecule has 2 amide bonds. The first-order valence-corrected chi connectivity index (χ1v) is 7.98. The van der Waals surface area contributed by atoms with Gasteiger partial charge < -0.3 is 0 Å². The smallest absolute Gasteiger partial charge is 0.234 e. The van der Waals surface area contributed by atoms with Crippen LogP contribution in [-0.4, -0.2) is 26.8 Å². The molecule has 0 unspecified atom stereocenters. The molecule has 1 aromatic heterocycles. The molecule has 0 fully saturated rings. The molecule has 0 bridgehead atoms. The maximum Gasteiger partial charge on any atom is 0.234 e. The van der Waals surface area contributed by atoms with Crippen LogP contribution in [-0.2, 0) is 9.59 Å². The predicted molar refractivity (Wildman–Crippen MR) is 99.3 cm³/mol. The van der Waals surface area contributed by atoms with Crippen molar-refractivity contribution in [3.63, 3.8) is 0 Å². The van der Waals surface area contributed by atoms with Gasteiger partial charge >= 0.3 is 0 Å². The van der Waals surface area contributed by atoms with Gasteiger partial charge in [-0.3, -0.25) is 20.2 Å². The summed E-state index contributed by atoms with van der Waals surface area (Å²) in [7, 11) is 0. The van der Waals surface area contributed by atoms with Gasteiger partial charge in [-0.25, -0.2) is 0 Å². The van der Waals surface area contributed by atoms with E-state index in [9.17, 15) is 9.59 Å². The highest BCUT2D eigenvalue weighted by Crippen LogP contribution is 2.24. The van der Waals surface area contributed by atoms with Crippen LogP contribution in [0.15, 0.2) is 54.6 Å². The lowest BCUT2D eigenvalue weighted by Gasteiger charge is -2.08. The quantitative estimate of drug-likeness (QED) is 0.756. The van der Waals surface area contributed by atoms with Crippen molar-refractivity contribution in [2.75, 3.05) is 10.6 Å². The molecule has 3 rings (SSSR count). The third-order valence-electron chi connectivity index (χ3n) is 3.46. The second-order valence-electron chi connectivity index (χ2n) is 5.61. The standard InChI is InChI=1S/C19H17N5O2/c1-12(25)20-18-22-17(23-19(24-18)21-13(2)26)16-10-8-15(9-11-16)14-6-4-3-5-7-14/h3-11H,1-2H3,(H2,20,21,22,23,24,25,26). The predicted octanol–water partition coefficient (Wildman–Crippen LogP) is 3.12. The Bertz CT molecular complexity index is 906. The van der Waals surface area contributed by atoms with Crippen molar-refractivity contribution in [1.82, 2.24) is 15.0 Å². The van der Waals surface area contributed by atoms with Crippen LogP contribution in [0.5, 0.6) is 0 Å². The van der Waals surface area contributed by atoms with Gasteiger partial charge in [-0.1, -0.05) is 54.6 Å². The Morgan fingerprint density at radius 3 is 1.62 bits per heavy atom. The van der Waals surface area contributed by atoms with E-state index in [0.717, 1.165) is 16.7 Å². The van der Waals surface area contributed by atoms with Crippen molar-refractivity contribution >= 4 is 23.7 Å². The number of anilines is 2. The Morgan fingerprint density at radius 2 is 1.12 bits per heavy atom. The van der Waals surface area contributed by atoms with Gasteiger partial charge in [0.05, 0.1) is 0 Å². The number of nitrogens with one attached hydrogen (secondary N) is 2. The molecular weight excluding hydrogens is 330 g/mol. The minimum absolute atomic E-state index is 0.0818. The fourth-order valence-corrected chi connectivity index (χ4v) is 2.37. The first-order valence-electron chi connectivity index (χ1n) is 7.98. The van der Waals surface area contributed by atoms with Crippen LogP contribution in [0.25, 0.3) is 22.5 Å². The Kier molecular flexibility index (Phi) is 4.98. The van der Waals surface area contributed by atoms with Crippen LogP contribution in [0.4, 0.5) is 11.9 Å². The van der Waals surface area contributed by atoms with Crippen molar-refractivity contribution in [3.8, 4) is 22.5 Å². The molecule has 0 saturated heterocycles. The Morgan fingerprint density at radius 1 is 0.654 bits per heavy atom. The molecule has 0 spiro atoms. The van der Waals surface area contributed by atoms with E-state index >= 15 is 0 Å². The summed E-state index contributed by atoms with van der Waals surface area (Å²) in [5.41, 5.74) is 2.91. The molecule has 0 aliphatic carbocycles. The molecule has 3 aromatic rings. The van der Waals surface area contributed by atoms with Crippen LogP contribution >= 0.6 is 0 Å². The monoisotopic (exact) mass is 347 g/mol. The molecule has 2 N–H and O–H groups in total. The second kappa shape index (κ2) is 7.52. The van der Waals surface area contributed by atoms with Crippen molar-refractivity contribution in [2.45, 2.75) is 13.8 Å². The third-order valence-corrected chi connectivity index (χ3v) is 3.46. The number of benzene rings is 2. The lowest BCUT2D eigenvalue weighted by molar-refractivity contribution is -0.115. The summed E-state index contributed by atoms with van der Waals surface area (Å²) in [6, 6.07) is 17.7. The molecular formula is C19H17N5O2. The number of amides is 2. The van der Waals surface area contributed by atoms with Crippen LogP contribution in [0.3, 0.4) is 0 Å². The average Bonchev–Trinajstić information content (AvgIpc) is 2.61. The molecule has 1 heterocycles. The summed E-state index contributed by atoms with van der Waals surface area (Å²) in [4.78, 5) is 35.1. The zero-order valence-electron chi connectivity index (χ0n) is 14.4. The Hall–Kier alpha value is -3.61. The Balaban J connectivity index is 1.96. The summed E-state index contributed by atoms with van der Waals surface area (Å²) in [5.74, 6) is -0.102. The molecule has 26 heavy (non-hydrogen) atoms. The molecule has 0 aliphatic rings. The zero-order valence-corrected chi connectivity index (χ0v) is 14.4. The van der Waals surface area contributed by atoms with E-state index in [0.29, 0.717) is 5.82 Å². The molecule has 7 nitrogen and oxygen atoms in total. The first-order chi connectivity index (χ1) is 12.5. The van der Waals surface area contributed by atoms with E-state index in [1.807, 2.05) is 54.6 Å². The van der Waals surface area contributed by atoms with Gasteiger partial charge in [0.25, 0.3) is 0 Å². The summed E-state index contributed by atoms with van der Waals surface area (Å²) >= 11 is 0. The van der Waals surface area contributed by atoms with Crippen LogP contribution in [0.1, 0.15) is 13.8 Å². The van der Waals surface area contributed by atoms with Gasteiger partial charge in [-0.2, -0.15) is 15.0 Å². The van der Waals surface area contributed by atoms with Crippen LogP contribution < -0.4 is 10.6 Å². The molecule has 0 saturated carbocycles. The van der Waals surface area contributed by atoms with Gasteiger partial charge in [0.1, 0.15) is 0 Å². The van der Waals surface area contributed by atoms with E-state index in [1.54, 1.807) is 0 Å². The van der Waals surface area contributed by atoms with E-state index < -0.39 is 0 Å². The maximum absolute atomic E-state index is 11.3. The summed E-state index contributed by atoms with van der Waals surface area (Å²) < 4.78 is 0. The van der Waals surface area contributed by atoms with Gasteiger partial charge in [0, 0.05) is 19.4 Å². The number of hydrogen-bond donors (Lipinski definition) is 2. The molecule has 2 aromatic carbocycles. The van der Waals surface area contributed by atoms with E-state index in [4.69, 9.17) is 0 Å². The average molecular weight is 347 g/mol. The number of rotatable bonds is 4. The molecule has 0 aliphatic heterocycles. The molecule has 0 atom stereocenters. The number of nitrogens with zero attached hydrogens (tertiary/aromatic N) is 3. The fourth-order valence-electron chi connectivity index (χ4n) is 2.37. The van der Waals surface area contributed by atoms with Gasteiger partial charge in [-0.05, 0) is 11.1 Å². The highest BCUT2D eigenvalue weighted by Gasteiger charge is 2.11. The molecule has 7 heteroatoms. The highest BCUT2D eigenvalue weighted by atomic mass is 16.2. The highest BCUT2D eigenvalue weighted by molar-refractivity contribution is 5.89. The van der Waals surface area contributed by atoms with Gasteiger partial charge in [0.15, 0.2) is 5.82 Å². The number of carbonyl (C=O) groups is 2. The summed E-state index contributed by atoms with van der Waals surface area (Å²) in [5, 5.41) is 5.03.